The molecule has 3 aliphatic rings. The summed E-state index contributed by atoms with van der Waals surface area (Å²) in [5.74, 6) is 0.919. The molecule has 0 radical (unpaired) electrons. The minimum absolute atomic E-state index is 0.0289. The standard InChI is InChI=1S/C22H30N2O2/c1-2-23-16-22(15-19(21(23)26)17-7-4-3-5-8-17)11-13-24(14-12-22)20(25)18-9-6-10-18/h3-5,7-8,18-19H,2,6,9-16H2,1H3. The molecule has 1 atom stereocenters. The molecule has 0 bridgehead atoms. The van der Waals surface area contributed by atoms with Crippen LogP contribution in [0.4, 0.5) is 0 Å². The van der Waals surface area contributed by atoms with Gasteiger partial charge in [0.15, 0.2) is 0 Å². The minimum atomic E-state index is -0.0289. The highest BCUT2D eigenvalue weighted by Crippen LogP contribution is 2.46. The highest BCUT2D eigenvalue weighted by molar-refractivity contribution is 5.85. The first-order valence-corrected chi connectivity index (χ1v) is 10.2. The second kappa shape index (κ2) is 7.05. The monoisotopic (exact) mass is 354 g/mol. The van der Waals surface area contributed by atoms with Crippen LogP contribution in [0, 0.1) is 11.3 Å². The lowest BCUT2D eigenvalue weighted by atomic mass is 9.67. The maximum Gasteiger partial charge on any atom is 0.230 e. The Balaban J connectivity index is 1.49. The van der Waals surface area contributed by atoms with Crippen LogP contribution in [0.3, 0.4) is 0 Å². The Labute approximate surface area is 156 Å². The average Bonchev–Trinajstić information content (AvgIpc) is 2.63. The molecule has 0 N–H and O–H groups in total. The van der Waals surface area contributed by atoms with Crippen molar-refractivity contribution in [1.29, 1.82) is 0 Å². The number of piperidine rings is 2. The van der Waals surface area contributed by atoms with Crippen LogP contribution < -0.4 is 0 Å². The van der Waals surface area contributed by atoms with Gasteiger partial charge in [-0.1, -0.05) is 36.8 Å². The molecule has 1 spiro atoms. The van der Waals surface area contributed by atoms with Crippen molar-refractivity contribution in [2.45, 2.75) is 51.4 Å². The van der Waals surface area contributed by atoms with Crippen molar-refractivity contribution in [2.24, 2.45) is 11.3 Å². The zero-order valence-corrected chi connectivity index (χ0v) is 15.8. The first kappa shape index (κ1) is 17.6. The third kappa shape index (κ3) is 3.15. The molecule has 2 heterocycles. The first-order valence-electron chi connectivity index (χ1n) is 10.2. The number of hydrogen-bond donors (Lipinski definition) is 0. The van der Waals surface area contributed by atoms with Gasteiger partial charge in [-0.15, -0.1) is 0 Å². The summed E-state index contributed by atoms with van der Waals surface area (Å²) in [7, 11) is 0. The van der Waals surface area contributed by atoms with E-state index in [9.17, 15) is 9.59 Å². The van der Waals surface area contributed by atoms with Gasteiger partial charge < -0.3 is 9.80 Å². The lowest BCUT2D eigenvalue weighted by molar-refractivity contribution is -0.147. The maximum atomic E-state index is 13.0. The van der Waals surface area contributed by atoms with Gasteiger partial charge in [0.1, 0.15) is 0 Å². The molecule has 0 aromatic heterocycles. The van der Waals surface area contributed by atoms with E-state index in [0.29, 0.717) is 11.8 Å². The highest BCUT2D eigenvalue weighted by Gasteiger charge is 2.46. The van der Waals surface area contributed by atoms with E-state index in [0.717, 1.165) is 63.8 Å². The third-order valence-corrected chi connectivity index (χ3v) is 6.95. The molecule has 4 nitrogen and oxygen atoms in total. The van der Waals surface area contributed by atoms with Crippen molar-refractivity contribution in [1.82, 2.24) is 9.80 Å². The summed E-state index contributed by atoms with van der Waals surface area (Å²) in [5, 5.41) is 0. The number of benzene rings is 1. The zero-order valence-electron chi connectivity index (χ0n) is 15.8. The SMILES string of the molecule is CCN1CC2(CCN(C(=O)C3CCC3)CC2)CC(c2ccccc2)C1=O. The number of carbonyl (C=O) groups is 2. The summed E-state index contributed by atoms with van der Waals surface area (Å²) in [6.45, 7) is 5.44. The summed E-state index contributed by atoms with van der Waals surface area (Å²) in [5.41, 5.74) is 1.31. The van der Waals surface area contributed by atoms with Gasteiger partial charge >= 0.3 is 0 Å². The molecule has 4 rings (SSSR count). The molecule has 3 fully saturated rings. The van der Waals surface area contributed by atoms with E-state index >= 15 is 0 Å². The Kier molecular flexibility index (Phi) is 4.76. The zero-order chi connectivity index (χ0) is 18.1. The fourth-order valence-corrected chi connectivity index (χ4v) is 4.98. The molecule has 1 aliphatic carbocycles. The van der Waals surface area contributed by atoms with Crippen LogP contribution in [0.5, 0.6) is 0 Å². The van der Waals surface area contributed by atoms with Crippen LogP contribution in [-0.4, -0.2) is 47.8 Å². The number of likely N-dealkylation sites (tertiary alicyclic amines) is 2. The molecule has 2 amide bonds. The quantitative estimate of drug-likeness (QED) is 0.834. The number of hydrogen-bond acceptors (Lipinski definition) is 2. The topological polar surface area (TPSA) is 40.6 Å². The minimum Gasteiger partial charge on any atom is -0.342 e. The average molecular weight is 354 g/mol. The van der Waals surface area contributed by atoms with Crippen LogP contribution in [0.1, 0.15) is 56.9 Å². The van der Waals surface area contributed by atoms with E-state index in [2.05, 4.69) is 24.0 Å². The van der Waals surface area contributed by atoms with Gasteiger partial charge in [-0.25, -0.2) is 0 Å². The van der Waals surface area contributed by atoms with E-state index < -0.39 is 0 Å². The Morgan fingerprint density at radius 3 is 2.42 bits per heavy atom. The van der Waals surface area contributed by atoms with Crippen LogP contribution in [0.15, 0.2) is 30.3 Å². The Morgan fingerprint density at radius 1 is 1.15 bits per heavy atom. The Bertz CT molecular complexity index is 660. The van der Waals surface area contributed by atoms with E-state index in [1.165, 1.54) is 6.42 Å². The van der Waals surface area contributed by atoms with Crippen molar-refractivity contribution >= 4 is 11.8 Å². The molecule has 1 aromatic rings. The van der Waals surface area contributed by atoms with E-state index in [1.807, 2.05) is 23.1 Å². The summed E-state index contributed by atoms with van der Waals surface area (Å²) in [4.78, 5) is 29.7. The lowest BCUT2D eigenvalue weighted by Gasteiger charge is -2.50. The molecule has 26 heavy (non-hydrogen) atoms. The predicted octanol–water partition coefficient (Wildman–Crippen LogP) is 3.43. The molecule has 1 saturated carbocycles. The molecule has 140 valence electrons. The lowest BCUT2D eigenvalue weighted by Crippen LogP contribution is -2.55. The normalized spacial score (nSPS) is 26.0. The number of carbonyl (C=O) groups excluding carboxylic acids is 2. The largest absolute Gasteiger partial charge is 0.342 e. The number of amides is 2. The Hall–Kier alpha value is -1.84. The van der Waals surface area contributed by atoms with E-state index in [-0.39, 0.29) is 17.2 Å². The van der Waals surface area contributed by atoms with Gasteiger partial charge in [0.2, 0.25) is 11.8 Å². The van der Waals surface area contributed by atoms with Crippen molar-refractivity contribution in [3.63, 3.8) is 0 Å². The molecular formula is C22H30N2O2. The fraction of sp³-hybridized carbons (Fsp3) is 0.636. The van der Waals surface area contributed by atoms with Gasteiger partial charge in [0.25, 0.3) is 0 Å². The highest BCUT2D eigenvalue weighted by atomic mass is 16.2. The first-order chi connectivity index (χ1) is 12.6. The van der Waals surface area contributed by atoms with Gasteiger partial charge in [-0.2, -0.15) is 0 Å². The van der Waals surface area contributed by atoms with Crippen LogP contribution in [-0.2, 0) is 9.59 Å². The smallest absolute Gasteiger partial charge is 0.230 e. The van der Waals surface area contributed by atoms with E-state index in [4.69, 9.17) is 0 Å². The molecular weight excluding hydrogens is 324 g/mol. The van der Waals surface area contributed by atoms with Crippen LogP contribution in [0.2, 0.25) is 0 Å². The van der Waals surface area contributed by atoms with Crippen molar-refractivity contribution in [3.05, 3.63) is 35.9 Å². The number of likely N-dealkylation sites (N-methyl/N-ethyl adjacent to an activating group) is 1. The van der Waals surface area contributed by atoms with Crippen molar-refractivity contribution in [3.8, 4) is 0 Å². The summed E-state index contributed by atoms with van der Waals surface area (Å²) in [6, 6.07) is 10.2. The fourth-order valence-electron chi connectivity index (χ4n) is 4.98. The molecule has 1 unspecified atom stereocenters. The third-order valence-electron chi connectivity index (χ3n) is 6.95. The maximum absolute atomic E-state index is 13.0. The van der Waals surface area contributed by atoms with Crippen molar-refractivity contribution in [2.75, 3.05) is 26.2 Å². The van der Waals surface area contributed by atoms with Gasteiger partial charge in [0.05, 0.1) is 5.92 Å². The van der Waals surface area contributed by atoms with Crippen LogP contribution >= 0.6 is 0 Å². The van der Waals surface area contributed by atoms with Gasteiger partial charge in [0, 0.05) is 32.1 Å². The molecule has 2 aliphatic heterocycles. The number of nitrogens with zero attached hydrogens (tertiary/aromatic N) is 2. The molecule has 4 heteroatoms. The summed E-state index contributed by atoms with van der Waals surface area (Å²) >= 11 is 0. The second-order valence-corrected chi connectivity index (χ2v) is 8.47. The molecule has 2 saturated heterocycles. The summed E-state index contributed by atoms with van der Waals surface area (Å²) < 4.78 is 0. The van der Waals surface area contributed by atoms with Gasteiger partial charge in [-0.05, 0) is 50.0 Å². The van der Waals surface area contributed by atoms with Crippen molar-refractivity contribution < 1.29 is 9.59 Å². The molecule has 1 aromatic carbocycles. The Morgan fingerprint density at radius 2 is 1.85 bits per heavy atom. The predicted molar refractivity (Wildman–Crippen MR) is 102 cm³/mol. The van der Waals surface area contributed by atoms with Crippen LogP contribution in [0.25, 0.3) is 0 Å². The number of rotatable bonds is 3. The second-order valence-electron chi connectivity index (χ2n) is 8.47. The van der Waals surface area contributed by atoms with Gasteiger partial charge in [-0.3, -0.25) is 9.59 Å². The summed E-state index contributed by atoms with van der Waals surface area (Å²) in [6.07, 6.45) is 6.35. The van der Waals surface area contributed by atoms with E-state index in [1.54, 1.807) is 0 Å².